The number of nitrogens with one attached hydrogen (secondary N) is 5. The van der Waals surface area contributed by atoms with E-state index in [0.717, 1.165) is 37.7 Å². The third-order valence-electron chi connectivity index (χ3n) is 10.4. The number of alkyl carbamates (subject to hydrolysis) is 1. The highest BCUT2D eigenvalue weighted by atomic mass is 16.5. The molecule has 7 atom stereocenters. The molecule has 298 valence electrons. The lowest BCUT2D eigenvalue weighted by Gasteiger charge is -2.34. The zero-order valence-electron chi connectivity index (χ0n) is 32.8. The fraction of sp³-hybridized carbons (Fsp3) is 0.610. The van der Waals surface area contributed by atoms with Gasteiger partial charge in [0.05, 0.1) is 24.4 Å². The summed E-state index contributed by atoms with van der Waals surface area (Å²) >= 11 is 0. The molecule has 5 amide bonds. The van der Waals surface area contributed by atoms with Crippen molar-refractivity contribution in [1.82, 2.24) is 31.6 Å². The molecule has 0 saturated heterocycles. The minimum Gasteiger partial charge on any atom is -0.445 e. The largest absolute Gasteiger partial charge is 0.445 e. The van der Waals surface area contributed by atoms with Crippen LogP contribution in [0.1, 0.15) is 104 Å². The van der Waals surface area contributed by atoms with Gasteiger partial charge in [0.25, 0.3) is 0 Å². The van der Waals surface area contributed by atoms with Crippen molar-refractivity contribution in [2.24, 2.45) is 23.7 Å². The highest BCUT2D eigenvalue weighted by molar-refractivity contribution is 5.91. The number of pyridine rings is 1. The number of nitrogens with zero attached hydrogens (tertiary/aromatic N) is 1. The lowest BCUT2D eigenvalue weighted by atomic mass is 9.81. The summed E-state index contributed by atoms with van der Waals surface area (Å²) in [7, 11) is 0. The number of amides is 5. The van der Waals surface area contributed by atoms with Crippen LogP contribution in [0.5, 0.6) is 0 Å². The van der Waals surface area contributed by atoms with Gasteiger partial charge in [-0.1, -0.05) is 103 Å². The van der Waals surface area contributed by atoms with Crippen LogP contribution in [0.15, 0.2) is 54.7 Å². The molecule has 0 spiro atoms. The third kappa shape index (κ3) is 14.7. The lowest BCUT2D eigenvalue weighted by molar-refractivity contribution is -0.134. The van der Waals surface area contributed by atoms with E-state index in [-0.39, 0.29) is 43.2 Å². The van der Waals surface area contributed by atoms with Crippen molar-refractivity contribution in [3.05, 3.63) is 66.0 Å². The van der Waals surface area contributed by atoms with Gasteiger partial charge in [0, 0.05) is 12.1 Å². The molecule has 54 heavy (non-hydrogen) atoms. The molecule has 13 heteroatoms. The first-order valence-electron chi connectivity index (χ1n) is 19.5. The predicted molar refractivity (Wildman–Crippen MR) is 206 cm³/mol. The van der Waals surface area contributed by atoms with Crippen LogP contribution >= 0.6 is 0 Å². The number of benzene rings is 1. The van der Waals surface area contributed by atoms with Gasteiger partial charge in [-0.2, -0.15) is 0 Å². The minimum atomic E-state index is -1.07. The van der Waals surface area contributed by atoms with Gasteiger partial charge < -0.3 is 36.4 Å². The Balaban J connectivity index is 1.64. The van der Waals surface area contributed by atoms with E-state index in [2.05, 4.69) is 31.6 Å². The molecule has 1 aromatic heterocycles. The summed E-state index contributed by atoms with van der Waals surface area (Å²) in [6.07, 6.45) is 6.32. The quantitative estimate of drug-likeness (QED) is 0.114. The molecule has 1 aromatic carbocycles. The van der Waals surface area contributed by atoms with Gasteiger partial charge in [-0.15, -0.1) is 0 Å². The first-order chi connectivity index (χ1) is 25.8. The number of aliphatic hydroxyl groups excluding tert-OH is 1. The fourth-order valence-corrected chi connectivity index (χ4v) is 6.67. The van der Waals surface area contributed by atoms with E-state index >= 15 is 0 Å². The van der Waals surface area contributed by atoms with E-state index < -0.39 is 54.1 Å². The second kappa shape index (κ2) is 22.6. The first kappa shape index (κ1) is 43.9. The van der Waals surface area contributed by atoms with E-state index in [1.165, 1.54) is 13.8 Å². The molecule has 1 fully saturated rings. The summed E-state index contributed by atoms with van der Waals surface area (Å²) in [6.45, 7) is 11.0. The van der Waals surface area contributed by atoms with E-state index in [1.807, 2.05) is 70.2 Å². The summed E-state index contributed by atoms with van der Waals surface area (Å²) in [5.74, 6) is -2.39. The maximum absolute atomic E-state index is 13.9. The van der Waals surface area contributed by atoms with E-state index in [0.29, 0.717) is 24.5 Å². The van der Waals surface area contributed by atoms with Crippen LogP contribution in [0.2, 0.25) is 0 Å². The molecule has 0 aliphatic heterocycles. The van der Waals surface area contributed by atoms with E-state index in [1.54, 1.807) is 12.3 Å². The molecule has 6 N–H and O–H groups in total. The Morgan fingerprint density at radius 2 is 1.44 bits per heavy atom. The van der Waals surface area contributed by atoms with Crippen molar-refractivity contribution in [2.45, 2.75) is 136 Å². The molecular formula is C41H62N6O7. The number of rotatable bonds is 20. The Kier molecular flexibility index (Phi) is 18.4. The van der Waals surface area contributed by atoms with Crippen molar-refractivity contribution in [3.8, 4) is 0 Å². The molecule has 13 nitrogen and oxygen atoms in total. The van der Waals surface area contributed by atoms with Gasteiger partial charge in [-0.25, -0.2) is 4.79 Å². The first-order valence-corrected chi connectivity index (χ1v) is 19.5. The lowest BCUT2D eigenvalue weighted by Crippen LogP contribution is -2.55. The molecule has 0 unspecified atom stereocenters. The van der Waals surface area contributed by atoms with Gasteiger partial charge in [0.2, 0.25) is 23.6 Å². The van der Waals surface area contributed by atoms with Crippen molar-refractivity contribution in [2.75, 3.05) is 0 Å². The zero-order valence-corrected chi connectivity index (χ0v) is 32.8. The smallest absolute Gasteiger partial charge is 0.408 e. The van der Waals surface area contributed by atoms with Crippen molar-refractivity contribution < 1.29 is 33.8 Å². The van der Waals surface area contributed by atoms with Gasteiger partial charge in [0.15, 0.2) is 0 Å². The summed E-state index contributed by atoms with van der Waals surface area (Å²) in [5.41, 5.74) is 1.50. The van der Waals surface area contributed by atoms with Gasteiger partial charge in [-0.3, -0.25) is 24.2 Å². The Morgan fingerprint density at radius 3 is 2.07 bits per heavy atom. The molecule has 1 aliphatic carbocycles. The van der Waals surface area contributed by atoms with Crippen LogP contribution in [0.4, 0.5) is 4.79 Å². The number of carbonyl (C=O) groups excluding carboxylic acids is 5. The van der Waals surface area contributed by atoms with Gasteiger partial charge in [0.1, 0.15) is 24.7 Å². The van der Waals surface area contributed by atoms with E-state index in [4.69, 9.17) is 4.74 Å². The second-order valence-electron chi connectivity index (χ2n) is 15.1. The minimum absolute atomic E-state index is 0.0459. The highest BCUT2D eigenvalue weighted by Gasteiger charge is 2.35. The Bertz CT molecular complexity index is 1470. The maximum atomic E-state index is 13.9. The molecule has 0 radical (unpaired) electrons. The number of hydrogen-bond acceptors (Lipinski definition) is 8. The van der Waals surface area contributed by atoms with Crippen molar-refractivity contribution in [1.29, 1.82) is 0 Å². The zero-order chi connectivity index (χ0) is 39.6. The number of carbonyl (C=O) groups is 5. The number of ether oxygens (including phenoxy) is 1. The summed E-state index contributed by atoms with van der Waals surface area (Å²) < 4.78 is 5.21. The van der Waals surface area contributed by atoms with Crippen LogP contribution < -0.4 is 26.6 Å². The maximum Gasteiger partial charge on any atom is 0.408 e. The molecule has 1 aliphatic rings. The van der Waals surface area contributed by atoms with E-state index in [9.17, 15) is 29.1 Å². The number of aromatic nitrogens is 1. The predicted octanol–water partition coefficient (Wildman–Crippen LogP) is 4.53. The molecule has 2 aromatic rings. The molecule has 1 heterocycles. The number of hydrogen-bond donors (Lipinski definition) is 6. The normalized spacial score (nSPS) is 17.1. The molecule has 3 rings (SSSR count). The van der Waals surface area contributed by atoms with Crippen LogP contribution in [-0.4, -0.2) is 70.1 Å². The van der Waals surface area contributed by atoms with Crippen molar-refractivity contribution in [3.63, 3.8) is 0 Å². The standard InChI is InChI=1S/C41H62N6O7/c1-7-27(4)36(40(52)43-24-32-20-14-15-21-42-32)47-39(51)33(26(2)3)23-35(48)34(22-30-16-10-8-11-17-30)46-38(50)28(5)44-37(49)29(6)45-41(53)54-25-31-18-12-9-13-19-31/h9,12-15,18-21,26-30,33-36,48H,7-8,10-11,16-17,22-25H2,1-6H3,(H,43,52)(H,44,49)(H,45,53)(H,46,50)(H,47,51)/t27-,28-,29-,33+,34-,35-,36-/m0/s1. The summed E-state index contributed by atoms with van der Waals surface area (Å²) in [5, 5.41) is 25.7. The molecular weight excluding hydrogens is 688 g/mol. The van der Waals surface area contributed by atoms with Crippen LogP contribution in [0.25, 0.3) is 0 Å². The van der Waals surface area contributed by atoms with Crippen molar-refractivity contribution >= 4 is 29.7 Å². The number of aliphatic hydroxyl groups is 1. The average Bonchev–Trinajstić information content (AvgIpc) is 3.17. The fourth-order valence-electron chi connectivity index (χ4n) is 6.67. The SMILES string of the molecule is CC[C@H](C)[C@H](NC(=O)[C@H](C[C@H](O)[C@H](CC1CCCCC1)NC(=O)[C@H](C)NC(=O)[C@H](C)NC(=O)OCc1ccccc1)C(C)C)C(=O)NCc1ccccn1. The molecule has 1 saturated carbocycles. The Hall–Kier alpha value is -4.52. The Morgan fingerprint density at radius 1 is 0.796 bits per heavy atom. The monoisotopic (exact) mass is 750 g/mol. The second-order valence-corrected chi connectivity index (χ2v) is 15.1. The van der Waals surface area contributed by atoms with Crippen LogP contribution in [-0.2, 0) is 37.1 Å². The van der Waals surface area contributed by atoms with Crippen LogP contribution in [0.3, 0.4) is 0 Å². The highest BCUT2D eigenvalue weighted by Crippen LogP contribution is 2.30. The topological polar surface area (TPSA) is 188 Å². The third-order valence-corrected chi connectivity index (χ3v) is 10.4. The Labute approximate surface area is 320 Å². The van der Waals surface area contributed by atoms with Gasteiger partial charge >= 0.3 is 6.09 Å². The van der Waals surface area contributed by atoms with Gasteiger partial charge in [-0.05, 0) is 62.1 Å². The summed E-state index contributed by atoms with van der Waals surface area (Å²) in [6, 6.07) is 11.2. The van der Waals surface area contributed by atoms with Crippen LogP contribution in [0, 0.1) is 23.7 Å². The average molecular weight is 751 g/mol. The summed E-state index contributed by atoms with van der Waals surface area (Å²) in [4.78, 5) is 70.2. The molecule has 0 bridgehead atoms.